The van der Waals surface area contributed by atoms with E-state index in [9.17, 15) is 14.4 Å². The lowest BCUT2D eigenvalue weighted by molar-refractivity contribution is -0.127. The number of carbonyl (C=O) groups excluding carboxylic acids is 3. The first kappa shape index (κ1) is 26.8. The van der Waals surface area contributed by atoms with E-state index in [0.717, 1.165) is 51.1 Å². The number of fused-ring (bicyclic) bond motifs is 2. The van der Waals surface area contributed by atoms with E-state index in [0.29, 0.717) is 12.8 Å². The Morgan fingerprint density at radius 1 is 0.806 bits per heavy atom. The van der Waals surface area contributed by atoms with Crippen LogP contribution in [0.4, 0.5) is 0 Å². The summed E-state index contributed by atoms with van der Waals surface area (Å²) in [5.41, 5.74) is 2.29. The first-order chi connectivity index (χ1) is 15.2. The number of aryl methyl sites for hydroxylation is 1. The number of hydrogen-bond acceptors (Lipinski definition) is 4. The molecular formula is C25H40N2O4. The number of nitrogens with one attached hydrogen (secondary N) is 2. The van der Waals surface area contributed by atoms with Gasteiger partial charge in [-0.05, 0) is 36.8 Å². The third-order valence-electron chi connectivity index (χ3n) is 5.52. The summed E-state index contributed by atoms with van der Waals surface area (Å²) in [4.78, 5) is 34.7. The highest BCUT2D eigenvalue weighted by Gasteiger charge is 2.13. The second-order valence-corrected chi connectivity index (χ2v) is 8.15. The van der Waals surface area contributed by atoms with Crippen molar-refractivity contribution in [3.8, 4) is 0 Å². The van der Waals surface area contributed by atoms with Crippen molar-refractivity contribution in [3.63, 3.8) is 0 Å². The van der Waals surface area contributed by atoms with Crippen molar-refractivity contribution in [2.75, 3.05) is 13.7 Å². The standard InChI is InChI=1S/C18H24N2O3.C6H12.CH4O/c21-13-16-11-15-8-5-7-14(10-15)6-3-1-2-4-9-17(22)19-12-18(23)20-16;1-2-4-6-5-3-1;1-2/h5,7-8,10,13,16H,1-4,6,9,11-12H2,(H,19,22)(H,20,23);1-6H2;2H,1H3/t16-;;/m0../s1. The Morgan fingerprint density at radius 2 is 1.35 bits per heavy atom. The Kier molecular flexibility index (Phi) is 15.1. The normalized spacial score (nSPS) is 20.5. The Labute approximate surface area is 187 Å². The van der Waals surface area contributed by atoms with E-state index in [1.165, 1.54) is 44.1 Å². The van der Waals surface area contributed by atoms with E-state index in [-0.39, 0.29) is 18.4 Å². The van der Waals surface area contributed by atoms with Crippen LogP contribution in [0.1, 0.15) is 81.8 Å². The van der Waals surface area contributed by atoms with Gasteiger partial charge in [-0.1, -0.05) is 75.6 Å². The number of amides is 2. The zero-order valence-electron chi connectivity index (χ0n) is 19.0. The van der Waals surface area contributed by atoms with E-state index < -0.39 is 6.04 Å². The van der Waals surface area contributed by atoms with Crippen LogP contribution in [-0.2, 0) is 27.2 Å². The van der Waals surface area contributed by atoms with Gasteiger partial charge in [0.2, 0.25) is 11.8 Å². The van der Waals surface area contributed by atoms with E-state index >= 15 is 0 Å². The summed E-state index contributed by atoms with van der Waals surface area (Å²) < 4.78 is 0. The average Bonchev–Trinajstić information content (AvgIpc) is 2.82. The topological polar surface area (TPSA) is 95.5 Å². The molecule has 3 rings (SSSR count). The van der Waals surface area contributed by atoms with Crippen LogP contribution in [0.25, 0.3) is 0 Å². The van der Waals surface area contributed by atoms with Crippen molar-refractivity contribution in [1.82, 2.24) is 10.6 Å². The summed E-state index contributed by atoms with van der Waals surface area (Å²) >= 11 is 0. The molecule has 1 heterocycles. The van der Waals surface area contributed by atoms with Crippen LogP contribution < -0.4 is 10.6 Å². The molecule has 174 valence electrons. The lowest BCUT2D eigenvalue weighted by atomic mass is 10.00. The third kappa shape index (κ3) is 12.9. The van der Waals surface area contributed by atoms with Crippen molar-refractivity contribution in [1.29, 1.82) is 0 Å². The zero-order chi connectivity index (χ0) is 22.7. The van der Waals surface area contributed by atoms with Gasteiger partial charge in [0, 0.05) is 13.5 Å². The molecule has 1 aromatic rings. The lowest BCUT2D eigenvalue weighted by Crippen LogP contribution is -2.43. The number of carbonyl (C=O) groups is 3. The second-order valence-electron chi connectivity index (χ2n) is 8.15. The molecule has 3 N–H and O–H groups in total. The molecule has 0 radical (unpaired) electrons. The molecule has 31 heavy (non-hydrogen) atoms. The van der Waals surface area contributed by atoms with Crippen LogP contribution in [0.15, 0.2) is 24.3 Å². The molecule has 0 saturated heterocycles. The van der Waals surface area contributed by atoms with Gasteiger partial charge in [-0.3, -0.25) is 9.59 Å². The fraction of sp³-hybridized carbons (Fsp3) is 0.640. The maximum atomic E-state index is 11.8. The van der Waals surface area contributed by atoms with Gasteiger partial charge in [-0.25, -0.2) is 0 Å². The van der Waals surface area contributed by atoms with E-state index in [2.05, 4.69) is 22.8 Å². The summed E-state index contributed by atoms with van der Waals surface area (Å²) in [5.74, 6) is -0.446. The van der Waals surface area contributed by atoms with Gasteiger partial charge in [-0.2, -0.15) is 0 Å². The summed E-state index contributed by atoms with van der Waals surface area (Å²) in [6.07, 6.45) is 15.7. The minimum Gasteiger partial charge on any atom is -0.400 e. The monoisotopic (exact) mass is 432 g/mol. The number of aliphatic hydroxyl groups is 1. The van der Waals surface area contributed by atoms with Gasteiger partial charge in [0.15, 0.2) is 0 Å². The van der Waals surface area contributed by atoms with E-state index in [1.807, 2.05) is 12.1 Å². The zero-order valence-corrected chi connectivity index (χ0v) is 19.0. The smallest absolute Gasteiger partial charge is 0.239 e. The maximum Gasteiger partial charge on any atom is 0.239 e. The van der Waals surface area contributed by atoms with Gasteiger partial charge in [0.05, 0.1) is 12.6 Å². The molecule has 2 amide bonds. The molecular weight excluding hydrogens is 392 g/mol. The van der Waals surface area contributed by atoms with Gasteiger partial charge in [0.25, 0.3) is 0 Å². The molecule has 1 atom stereocenters. The molecule has 1 aromatic carbocycles. The molecule has 0 unspecified atom stereocenters. The number of benzene rings is 1. The van der Waals surface area contributed by atoms with Gasteiger partial charge >= 0.3 is 0 Å². The highest BCUT2D eigenvalue weighted by atomic mass is 16.2. The molecule has 2 bridgehead atoms. The maximum absolute atomic E-state index is 11.8. The highest BCUT2D eigenvalue weighted by molar-refractivity contribution is 5.86. The molecule has 1 saturated carbocycles. The third-order valence-corrected chi connectivity index (χ3v) is 5.52. The van der Waals surface area contributed by atoms with Crippen LogP contribution in [0, 0.1) is 0 Å². The van der Waals surface area contributed by atoms with Crippen molar-refractivity contribution in [2.24, 2.45) is 0 Å². The Hall–Kier alpha value is -2.21. The molecule has 6 heteroatoms. The van der Waals surface area contributed by atoms with Crippen LogP contribution in [0.2, 0.25) is 0 Å². The number of aliphatic hydroxyl groups excluding tert-OH is 1. The lowest BCUT2D eigenvalue weighted by Gasteiger charge is -2.14. The fourth-order valence-corrected chi connectivity index (χ4v) is 3.85. The minimum atomic E-state index is -0.567. The van der Waals surface area contributed by atoms with Gasteiger partial charge < -0.3 is 20.5 Å². The van der Waals surface area contributed by atoms with Crippen molar-refractivity contribution >= 4 is 18.1 Å². The summed E-state index contributed by atoms with van der Waals surface area (Å²) in [7, 11) is 1.00. The molecule has 1 aliphatic heterocycles. The molecule has 0 spiro atoms. The van der Waals surface area contributed by atoms with E-state index in [1.54, 1.807) is 0 Å². The largest absolute Gasteiger partial charge is 0.400 e. The van der Waals surface area contributed by atoms with Gasteiger partial charge in [-0.15, -0.1) is 0 Å². The predicted octanol–water partition coefficient (Wildman–Crippen LogP) is 3.48. The minimum absolute atomic E-state index is 0.0801. The van der Waals surface area contributed by atoms with Crippen LogP contribution in [-0.4, -0.2) is 42.9 Å². The molecule has 6 nitrogen and oxygen atoms in total. The number of aldehydes is 1. The Bertz CT molecular complexity index is 633. The van der Waals surface area contributed by atoms with E-state index in [4.69, 9.17) is 5.11 Å². The fourth-order valence-electron chi connectivity index (χ4n) is 3.85. The summed E-state index contributed by atoms with van der Waals surface area (Å²) in [6, 6.07) is 7.60. The second kappa shape index (κ2) is 17.5. The first-order valence-electron chi connectivity index (χ1n) is 11.7. The SMILES string of the molecule is C1CCCCC1.CO.O=C[C@@H]1Cc2cccc(c2)CCCCCCC(=O)NCC(=O)N1. The average molecular weight is 433 g/mol. The van der Waals surface area contributed by atoms with Crippen molar-refractivity contribution in [2.45, 2.75) is 89.5 Å². The number of rotatable bonds is 1. The van der Waals surface area contributed by atoms with Crippen molar-refractivity contribution in [3.05, 3.63) is 35.4 Å². The molecule has 2 aliphatic rings. The van der Waals surface area contributed by atoms with Crippen LogP contribution in [0.3, 0.4) is 0 Å². The predicted molar refractivity (Wildman–Crippen MR) is 124 cm³/mol. The van der Waals surface area contributed by atoms with Gasteiger partial charge in [0.1, 0.15) is 6.29 Å². The quantitative estimate of drug-likeness (QED) is 0.592. The molecule has 0 aromatic heterocycles. The number of hydrogen-bond donors (Lipinski definition) is 3. The first-order valence-corrected chi connectivity index (χ1v) is 11.7. The Morgan fingerprint density at radius 3 is 1.97 bits per heavy atom. The Balaban J connectivity index is 0.000000508. The molecule has 1 aliphatic carbocycles. The van der Waals surface area contributed by atoms with Crippen LogP contribution in [0.5, 0.6) is 0 Å². The summed E-state index contributed by atoms with van der Waals surface area (Å²) in [5, 5.41) is 12.3. The molecule has 1 fully saturated rings. The van der Waals surface area contributed by atoms with Crippen molar-refractivity contribution < 1.29 is 19.5 Å². The van der Waals surface area contributed by atoms with Crippen LogP contribution >= 0.6 is 0 Å². The highest BCUT2D eigenvalue weighted by Crippen LogP contribution is 2.15. The summed E-state index contributed by atoms with van der Waals surface area (Å²) in [6.45, 7) is -0.0801.